The molecule has 0 spiro atoms. The second-order valence-electron chi connectivity index (χ2n) is 5.71. The zero-order chi connectivity index (χ0) is 13.0. The first-order valence-electron chi connectivity index (χ1n) is 7.03. The molecule has 0 atom stereocenters. The van der Waals surface area contributed by atoms with Crippen molar-refractivity contribution in [2.75, 3.05) is 0 Å². The second kappa shape index (κ2) is 6.26. The van der Waals surface area contributed by atoms with Crippen molar-refractivity contribution in [1.29, 1.82) is 0 Å². The number of carbonyl (C=O) groups excluding carboxylic acids is 2. The van der Waals surface area contributed by atoms with Crippen LogP contribution in [0.15, 0.2) is 11.6 Å². The van der Waals surface area contributed by atoms with Crippen LogP contribution in [0.25, 0.3) is 0 Å². The van der Waals surface area contributed by atoms with E-state index in [1.807, 2.05) is 0 Å². The normalized spacial score (nSPS) is 32.9. The van der Waals surface area contributed by atoms with Crippen LogP contribution in [-0.2, 0) is 9.59 Å². The smallest absolute Gasteiger partial charge is 0.299 e. The first kappa shape index (κ1) is 13.4. The molecule has 0 aromatic carbocycles. The molecule has 0 N–H and O–H groups in total. The van der Waals surface area contributed by atoms with Crippen molar-refractivity contribution < 1.29 is 14.0 Å². The number of allylic oxidation sites excluding steroid dienone is 2. The number of carbonyl (C=O) groups is 2. The van der Waals surface area contributed by atoms with Crippen LogP contribution in [0.1, 0.15) is 51.4 Å². The van der Waals surface area contributed by atoms with Crippen molar-refractivity contribution >= 4 is 12.3 Å². The molecule has 0 unspecified atom stereocenters. The Morgan fingerprint density at radius 1 is 1.00 bits per heavy atom. The highest BCUT2D eigenvalue weighted by Crippen LogP contribution is 2.41. The van der Waals surface area contributed by atoms with E-state index in [1.165, 1.54) is 5.57 Å². The summed E-state index contributed by atoms with van der Waals surface area (Å²) in [6.45, 7) is 0. The van der Waals surface area contributed by atoms with Crippen LogP contribution in [0.3, 0.4) is 0 Å². The predicted octanol–water partition coefficient (Wildman–Crippen LogP) is 3.60. The summed E-state index contributed by atoms with van der Waals surface area (Å²) in [5.74, 6) is 1.05. The van der Waals surface area contributed by atoms with Gasteiger partial charge in [0.15, 0.2) is 0 Å². The SMILES string of the molecule is O=CC=C1CCC(C2CCC(C(=O)F)CC2)CC1. The average molecular weight is 252 g/mol. The van der Waals surface area contributed by atoms with Crippen LogP contribution in [-0.4, -0.2) is 12.3 Å². The van der Waals surface area contributed by atoms with Gasteiger partial charge in [0.2, 0.25) is 0 Å². The van der Waals surface area contributed by atoms with Gasteiger partial charge in [0.05, 0.1) is 0 Å². The second-order valence-corrected chi connectivity index (χ2v) is 5.71. The fourth-order valence-electron chi connectivity index (χ4n) is 3.56. The van der Waals surface area contributed by atoms with Gasteiger partial charge < -0.3 is 0 Å². The summed E-state index contributed by atoms with van der Waals surface area (Å²) in [5.41, 5.74) is 1.27. The Balaban J connectivity index is 1.79. The summed E-state index contributed by atoms with van der Waals surface area (Å²) >= 11 is 0. The number of aldehydes is 1. The molecule has 3 heteroatoms. The van der Waals surface area contributed by atoms with E-state index in [2.05, 4.69) is 0 Å². The average Bonchev–Trinajstić information content (AvgIpc) is 2.40. The Hall–Kier alpha value is -0.990. The molecule has 2 aliphatic rings. The number of hydrogen-bond donors (Lipinski definition) is 0. The van der Waals surface area contributed by atoms with Crippen molar-refractivity contribution in [2.24, 2.45) is 17.8 Å². The molecular weight excluding hydrogens is 231 g/mol. The molecule has 2 saturated carbocycles. The van der Waals surface area contributed by atoms with E-state index in [9.17, 15) is 14.0 Å². The molecule has 2 fully saturated rings. The van der Waals surface area contributed by atoms with Crippen LogP contribution in [0, 0.1) is 17.8 Å². The highest BCUT2D eigenvalue weighted by molar-refractivity contribution is 5.71. The van der Waals surface area contributed by atoms with E-state index >= 15 is 0 Å². The van der Waals surface area contributed by atoms with Crippen molar-refractivity contribution in [1.82, 2.24) is 0 Å². The van der Waals surface area contributed by atoms with Crippen LogP contribution < -0.4 is 0 Å². The van der Waals surface area contributed by atoms with E-state index in [4.69, 9.17) is 0 Å². The summed E-state index contributed by atoms with van der Waals surface area (Å²) in [5, 5.41) is 0. The third-order valence-electron chi connectivity index (χ3n) is 4.74. The maximum Gasteiger partial charge on any atom is 0.304 e. The lowest BCUT2D eigenvalue weighted by Crippen LogP contribution is -2.26. The molecule has 0 bridgehead atoms. The van der Waals surface area contributed by atoms with E-state index < -0.39 is 6.04 Å². The highest BCUT2D eigenvalue weighted by Gasteiger charge is 2.31. The third kappa shape index (κ3) is 3.27. The predicted molar refractivity (Wildman–Crippen MR) is 67.7 cm³/mol. The monoisotopic (exact) mass is 252 g/mol. The van der Waals surface area contributed by atoms with Gasteiger partial charge in [0.1, 0.15) is 6.29 Å². The van der Waals surface area contributed by atoms with Gasteiger partial charge in [0.25, 0.3) is 0 Å². The summed E-state index contributed by atoms with van der Waals surface area (Å²) in [7, 11) is 0. The quantitative estimate of drug-likeness (QED) is 0.437. The van der Waals surface area contributed by atoms with E-state index in [0.717, 1.165) is 57.7 Å². The fourth-order valence-corrected chi connectivity index (χ4v) is 3.56. The fraction of sp³-hybridized carbons (Fsp3) is 0.733. The first-order valence-corrected chi connectivity index (χ1v) is 7.03. The molecule has 2 aliphatic carbocycles. The van der Waals surface area contributed by atoms with Crippen LogP contribution in [0.2, 0.25) is 0 Å². The Morgan fingerprint density at radius 2 is 1.56 bits per heavy atom. The highest BCUT2D eigenvalue weighted by atomic mass is 19.1. The Morgan fingerprint density at radius 3 is 2.06 bits per heavy atom. The standard InChI is InChI=1S/C15H21FO2/c16-15(18)14-7-5-13(6-8-14)12-3-1-11(2-4-12)9-10-17/h9-10,12-14H,1-8H2. The zero-order valence-electron chi connectivity index (χ0n) is 10.7. The van der Waals surface area contributed by atoms with Gasteiger partial charge in [-0.05, 0) is 69.3 Å². The van der Waals surface area contributed by atoms with Crippen molar-refractivity contribution in [3.8, 4) is 0 Å². The third-order valence-corrected chi connectivity index (χ3v) is 4.74. The largest absolute Gasteiger partial charge is 0.304 e. The van der Waals surface area contributed by atoms with Gasteiger partial charge in [-0.3, -0.25) is 9.59 Å². The molecule has 18 heavy (non-hydrogen) atoms. The number of halogens is 1. The van der Waals surface area contributed by atoms with Gasteiger partial charge >= 0.3 is 6.04 Å². The molecule has 0 aromatic heterocycles. The number of hydrogen-bond acceptors (Lipinski definition) is 2. The Bertz CT molecular complexity index is 330. The molecule has 0 amide bonds. The van der Waals surface area contributed by atoms with Gasteiger partial charge in [0, 0.05) is 5.92 Å². The zero-order valence-corrected chi connectivity index (χ0v) is 10.7. The summed E-state index contributed by atoms with van der Waals surface area (Å²) in [4.78, 5) is 21.1. The molecule has 0 saturated heterocycles. The minimum Gasteiger partial charge on any atom is -0.299 e. The van der Waals surface area contributed by atoms with Gasteiger partial charge in [-0.1, -0.05) is 5.57 Å². The molecule has 2 nitrogen and oxygen atoms in total. The van der Waals surface area contributed by atoms with Gasteiger partial charge in [-0.25, -0.2) is 0 Å². The maximum atomic E-state index is 12.6. The first-order chi connectivity index (χ1) is 8.70. The number of rotatable bonds is 3. The molecule has 0 aliphatic heterocycles. The van der Waals surface area contributed by atoms with Crippen molar-refractivity contribution in [3.05, 3.63) is 11.6 Å². The molecule has 0 radical (unpaired) electrons. The maximum absolute atomic E-state index is 12.6. The Labute approximate surface area is 108 Å². The summed E-state index contributed by atoms with van der Waals surface area (Å²) < 4.78 is 12.6. The molecular formula is C15H21FO2. The van der Waals surface area contributed by atoms with Gasteiger partial charge in [-0.15, -0.1) is 0 Å². The van der Waals surface area contributed by atoms with E-state index in [0.29, 0.717) is 11.8 Å². The summed E-state index contributed by atoms with van der Waals surface area (Å²) in [6, 6.07) is -1.12. The molecule has 2 rings (SSSR count). The molecule has 0 aromatic rings. The topological polar surface area (TPSA) is 34.1 Å². The van der Waals surface area contributed by atoms with Crippen molar-refractivity contribution in [3.63, 3.8) is 0 Å². The lowest BCUT2D eigenvalue weighted by molar-refractivity contribution is -0.135. The van der Waals surface area contributed by atoms with E-state index in [-0.39, 0.29) is 5.92 Å². The van der Waals surface area contributed by atoms with Crippen molar-refractivity contribution in [2.45, 2.75) is 51.4 Å². The lowest BCUT2D eigenvalue weighted by Gasteiger charge is -2.35. The minimum absolute atomic E-state index is 0.324. The molecule has 0 heterocycles. The van der Waals surface area contributed by atoms with Gasteiger partial charge in [-0.2, -0.15) is 4.39 Å². The summed E-state index contributed by atoms with van der Waals surface area (Å²) in [6.07, 6.45) is 10.4. The Kier molecular flexibility index (Phi) is 4.67. The minimum atomic E-state index is -1.12. The van der Waals surface area contributed by atoms with Crippen LogP contribution in [0.4, 0.5) is 4.39 Å². The lowest BCUT2D eigenvalue weighted by atomic mass is 9.70. The van der Waals surface area contributed by atoms with Crippen LogP contribution in [0.5, 0.6) is 0 Å². The van der Waals surface area contributed by atoms with E-state index in [1.54, 1.807) is 6.08 Å². The molecule has 100 valence electrons. The van der Waals surface area contributed by atoms with Crippen LogP contribution >= 0.6 is 0 Å².